The summed E-state index contributed by atoms with van der Waals surface area (Å²) < 4.78 is 62.0. The molecule has 1 heterocycles. The van der Waals surface area contributed by atoms with Gasteiger partial charge in [0.1, 0.15) is 0 Å². The molecule has 0 aromatic heterocycles. The quantitative estimate of drug-likeness (QED) is 0.785. The van der Waals surface area contributed by atoms with Gasteiger partial charge in [-0.05, 0) is 11.6 Å². The molecule has 1 aliphatic heterocycles. The lowest BCUT2D eigenvalue weighted by atomic mass is 9.99. The van der Waals surface area contributed by atoms with Gasteiger partial charge in [-0.1, -0.05) is 18.2 Å². The SMILES string of the molecule is O=C(Cc1cccc(C(F)(F)F)c1)N1CC(C(F)F)C1. The molecular formula is C13H12F5NO. The van der Waals surface area contributed by atoms with Gasteiger partial charge in [0.15, 0.2) is 0 Å². The fourth-order valence-corrected chi connectivity index (χ4v) is 2.02. The molecule has 7 heteroatoms. The number of likely N-dealkylation sites (tertiary alicyclic amines) is 1. The second-order valence-corrected chi connectivity index (χ2v) is 4.77. The van der Waals surface area contributed by atoms with Gasteiger partial charge in [-0.3, -0.25) is 4.79 Å². The van der Waals surface area contributed by atoms with Crippen molar-refractivity contribution in [2.24, 2.45) is 5.92 Å². The minimum atomic E-state index is -4.46. The van der Waals surface area contributed by atoms with Crippen LogP contribution < -0.4 is 0 Å². The lowest BCUT2D eigenvalue weighted by molar-refractivity contribution is -0.141. The topological polar surface area (TPSA) is 20.3 Å². The van der Waals surface area contributed by atoms with Crippen LogP contribution in [0.2, 0.25) is 0 Å². The zero-order valence-electron chi connectivity index (χ0n) is 10.3. The van der Waals surface area contributed by atoms with E-state index in [2.05, 4.69) is 0 Å². The zero-order valence-corrected chi connectivity index (χ0v) is 10.3. The third kappa shape index (κ3) is 3.26. The maximum Gasteiger partial charge on any atom is 0.416 e. The van der Waals surface area contributed by atoms with Crippen LogP contribution in [0.5, 0.6) is 0 Å². The fourth-order valence-electron chi connectivity index (χ4n) is 2.02. The molecule has 0 bridgehead atoms. The number of benzene rings is 1. The Morgan fingerprint density at radius 1 is 1.30 bits per heavy atom. The molecule has 0 N–H and O–H groups in total. The molecule has 1 aliphatic rings. The maximum atomic E-state index is 12.5. The Balaban J connectivity index is 1.96. The molecule has 110 valence electrons. The van der Waals surface area contributed by atoms with Crippen molar-refractivity contribution in [2.75, 3.05) is 13.1 Å². The summed E-state index contributed by atoms with van der Waals surface area (Å²) in [6.07, 6.45) is -7.14. The molecule has 0 radical (unpaired) electrons. The fraction of sp³-hybridized carbons (Fsp3) is 0.462. The highest BCUT2D eigenvalue weighted by molar-refractivity contribution is 5.79. The van der Waals surface area contributed by atoms with E-state index in [1.54, 1.807) is 0 Å². The molecule has 0 aliphatic carbocycles. The predicted molar refractivity (Wildman–Crippen MR) is 61.2 cm³/mol. The highest BCUT2D eigenvalue weighted by Gasteiger charge is 2.36. The van der Waals surface area contributed by atoms with E-state index in [-0.39, 0.29) is 25.1 Å². The molecular weight excluding hydrogens is 281 g/mol. The van der Waals surface area contributed by atoms with Crippen LogP contribution in [-0.2, 0) is 17.4 Å². The molecule has 2 rings (SSSR count). The van der Waals surface area contributed by atoms with Crippen molar-refractivity contribution >= 4 is 5.91 Å². The van der Waals surface area contributed by atoms with E-state index in [4.69, 9.17) is 0 Å². The predicted octanol–water partition coefficient (Wildman–Crippen LogP) is 2.97. The Morgan fingerprint density at radius 3 is 2.50 bits per heavy atom. The first-order valence-corrected chi connectivity index (χ1v) is 5.99. The van der Waals surface area contributed by atoms with E-state index in [9.17, 15) is 26.7 Å². The number of carbonyl (C=O) groups excluding carboxylic acids is 1. The van der Waals surface area contributed by atoms with Crippen LogP contribution in [0, 0.1) is 5.92 Å². The van der Waals surface area contributed by atoms with Crippen molar-refractivity contribution in [3.8, 4) is 0 Å². The second kappa shape index (κ2) is 5.38. The molecule has 0 unspecified atom stereocenters. The van der Waals surface area contributed by atoms with Crippen LogP contribution in [0.1, 0.15) is 11.1 Å². The summed E-state index contributed by atoms with van der Waals surface area (Å²) >= 11 is 0. The Hall–Kier alpha value is -1.66. The molecule has 1 aromatic carbocycles. The highest BCUT2D eigenvalue weighted by Crippen LogP contribution is 2.30. The van der Waals surface area contributed by atoms with Crippen molar-refractivity contribution in [2.45, 2.75) is 19.0 Å². The van der Waals surface area contributed by atoms with Gasteiger partial charge in [0.2, 0.25) is 12.3 Å². The van der Waals surface area contributed by atoms with Gasteiger partial charge >= 0.3 is 6.18 Å². The summed E-state index contributed by atoms with van der Waals surface area (Å²) in [5.74, 6) is -1.25. The molecule has 1 amide bonds. The first-order chi connectivity index (χ1) is 9.27. The first-order valence-electron chi connectivity index (χ1n) is 5.99. The molecule has 1 fully saturated rings. The average molecular weight is 293 g/mol. The van der Waals surface area contributed by atoms with E-state index in [0.717, 1.165) is 12.1 Å². The number of carbonyl (C=O) groups is 1. The molecule has 1 aromatic rings. The third-order valence-corrected chi connectivity index (χ3v) is 3.23. The minimum Gasteiger partial charge on any atom is -0.341 e. The zero-order chi connectivity index (χ0) is 14.9. The van der Waals surface area contributed by atoms with Gasteiger partial charge in [0.05, 0.1) is 17.9 Å². The summed E-state index contributed by atoms with van der Waals surface area (Å²) in [6, 6.07) is 4.47. The molecule has 0 atom stereocenters. The first kappa shape index (κ1) is 14.7. The monoisotopic (exact) mass is 293 g/mol. The molecule has 0 saturated carbocycles. The maximum absolute atomic E-state index is 12.5. The van der Waals surface area contributed by atoms with Gasteiger partial charge in [0, 0.05) is 13.1 Å². The van der Waals surface area contributed by atoms with E-state index >= 15 is 0 Å². The third-order valence-electron chi connectivity index (χ3n) is 3.23. The lowest BCUT2D eigenvalue weighted by Crippen LogP contribution is -2.53. The summed E-state index contributed by atoms with van der Waals surface area (Å²) in [5.41, 5.74) is -0.595. The number of amides is 1. The number of hydrogen-bond acceptors (Lipinski definition) is 1. The van der Waals surface area contributed by atoms with Crippen molar-refractivity contribution in [3.05, 3.63) is 35.4 Å². The standard InChI is InChI=1S/C13H12F5NO/c14-12(15)9-6-19(7-9)11(20)5-8-2-1-3-10(4-8)13(16,17)18/h1-4,9,12H,5-7H2. The minimum absolute atomic E-state index is 0.0323. The number of nitrogens with zero attached hydrogens (tertiary/aromatic N) is 1. The number of alkyl halides is 5. The summed E-state index contributed by atoms with van der Waals surface area (Å²) in [4.78, 5) is 13.0. The molecule has 1 saturated heterocycles. The molecule has 0 spiro atoms. The number of rotatable bonds is 3. The average Bonchev–Trinajstić information content (AvgIpc) is 2.25. The van der Waals surface area contributed by atoms with Gasteiger partial charge < -0.3 is 4.90 Å². The summed E-state index contributed by atoms with van der Waals surface area (Å²) in [7, 11) is 0. The van der Waals surface area contributed by atoms with Crippen molar-refractivity contribution < 1.29 is 26.7 Å². The van der Waals surface area contributed by atoms with E-state index in [0.29, 0.717) is 0 Å². The Labute approximate surface area is 112 Å². The highest BCUT2D eigenvalue weighted by atomic mass is 19.4. The number of halogens is 5. The molecule has 20 heavy (non-hydrogen) atoms. The lowest BCUT2D eigenvalue weighted by Gasteiger charge is -2.38. The Kier molecular flexibility index (Phi) is 3.96. The van der Waals surface area contributed by atoms with E-state index in [1.807, 2.05) is 0 Å². The van der Waals surface area contributed by atoms with Crippen LogP contribution >= 0.6 is 0 Å². The van der Waals surface area contributed by atoms with Crippen LogP contribution in [-0.4, -0.2) is 30.3 Å². The Bertz CT molecular complexity index is 494. The second-order valence-electron chi connectivity index (χ2n) is 4.77. The van der Waals surface area contributed by atoms with Gasteiger partial charge in [-0.25, -0.2) is 8.78 Å². The Morgan fingerprint density at radius 2 is 1.95 bits per heavy atom. The van der Waals surface area contributed by atoms with Crippen molar-refractivity contribution in [3.63, 3.8) is 0 Å². The van der Waals surface area contributed by atoms with E-state index < -0.39 is 30.0 Å². The summed E-state index contributed by atoms with van der Waals surface area (Å²) in [5, 5.41) is 0. The van der Waals surface area contributed by atoms with E-state index in [1.165, 1.54) is 17.0 Å². The van der Waals surface area contributed by atoms with Gasteiger partial charge in [-0.15, -0.1) is 0 Å². The van der Waals surface area contributed by atoms with Crippen molar-refractivity contribution in [1.82, 2.24) is 4.90 Å². The van der Waals surface area contributed by atoms with Crippen LogP contribution in [0.15, 0.2) is 24.3 Å². The van der Waals surface area contributed by atoms with Gasteiger partial charge in [-0.2, -0.15) is 13.2 Å². The number of hydrogen-bond donors (Lipinski definition) is 0. The van der Waals surface area contributed by atoms with Crippen molar-refractivity contribution in [1.29, 1.82) is 0 Å². The van der Waals surface area contributed by atoms with Crippen LogP contribution in [0.3, 0.4) is 0 Å². The van der Waals surface area contributed by atoms with Gasteiger partial charge in [0.25, 0.3) is 0 Å². The normalized spacial score (nSPS) is 16.4. The smallest absolute Gasteiger partial charge is 0.341 e. The van der Waals surface area contributed by atoms with Crippen LogP contribution in [0.25, 0.3) is 0 Å². The van der Waals surface area contributed by atoms with Crippen LogP contribution in [0.4, 0.5) is 22.0 Å². The largest absolute Gasteiger partial charge is 0.416 e. The molecule has 2 nitrogen and oxygen atoms in total. The summed E-state index contributed by atoms with van der Waals surface area (Å²) in [6.45, 7) is -0.0646.